The second-order valence-electron chi connectivity index (χ2n) is 8.99. The average molecular weight is 426 g/mol. The van der Waals surface area contributed by atoms with Gasteiger partial charge in [0.2, 0.25) is 5.91 Å². The molecule has 32 heavy (non-hydrogen) atoms. The molecule has 162 valence electrons. The van der Waals surface area contributed by atoms with E-state index >= 15 is 0 Å². The van der Waals surface area contributed by atoms with Crippen molar-refractivity contribution in [2.75, 3.05) is 5.32 Å². The van der Waals surface area contributed by atoms with E-state index in [-0.39, 0.29) is 23.4 Å². The SMILES string of the molecule is CC(C)(C)c1ccc(NC(=O)Cn2nc(Cc3ccccc3)c3ccccc3c2=O)cc1. The molecule has 1 amide bonds. The molecule has 0 fully saturated rings. The van der Waals surface area contributed by atoms with Crippen LogP contribution in [0.3, 0.4) is 0 Å². The van der Waals surface area contributed by atoms with E-state index in [1.54, 1.807) is 6.07 Å². The summed E-state index contributed by atoms with van der Waals surface area (Å²) in [5, 5.41) is 8.82. The normalized spacial score (nSPS) is 11.5. The fraction of sp³-hybridized carbons (Fsp3) is 0.222. The smallest absolute Gasteiger partial charge is 0.275 e. The molecular formula is C27H27N3O2. The van der Waals surface area contributed by atoms with Crippen molar-refractivity contribution >= 4 is 22.4 Å². The lowest BCUT2D eigenvalue weighted by Gasteiger charge is -2.19. The Bertz CT molecular complexity index is 1300. The van der Waals surface area contributed by atoms with Crippen molar-refractivity contribution in [1.29, 1.82) is 0 Å². The molecule has 1 N–H and O–H groups in total. The lowest BCUT2D eigenvalue weighted by atomic mass is 9.87. The van der Waals surface area contributed by atoms with E-state index in [2.05, 4.69) is 31.2 Å². The van der Waals surface area contributed by atoms with E-state index < -0.39 is 0 Å². The van der Waals surface area contributed by atoms with Gasteiger partial charge in [-0.2, -0.15) is 5.10 Å². The summed E-state index contributed by atoms with van der Waals surface area (Å²) in [5.74, 6) is -0.288. The van der Waals surface area contributed by atoms with Gasteiger partial charge in [-0.05, 0) is 34.7 Å². The van der Waals surface area contributed by atoms with E-state index in [1.165, 1.54) is 10.2 Å². The summed E-state index contributed by atoms with van der Waals surface area (Å²) in [6.07, 6.45) is 0.581. The maximum absolute atomic E-state index is 13.0. The molecule has 4 aromatic rings. The number of fused-ring (bicyclic) bond motifs is 1. The molecule has 0 radical (unpaired) electrons. The first-order valence-electron chi connectivity index (χ1n) is 10.7. The molecule has 1 heterocycles. The van der Waals surface area contributed by atoms with E-state index in [0.29, 0.717) is 17.5 Å². The third kappa shape index (κ3) is 4.78. The summed E-state index contributed by atoms with van der Waals surface area (Å²) in [5.41, 5.74) is 3.53. The van der Waals surface area contributed by atoms with Gasteiger partial charge in [-0.1, -0.05) is 81.4 Å². The molecule has 0 unspecified atom stereocenters. The molecule has 5 nitrogen and oxygen atoms in total. The molecule has 3 aromatic carbocycles. The van der Waals surface area contributed by atoms with Crippen LogP contribution >= 0.6 is 0 Å². The van der Waals surface area contributed by atoms with E-state index in [1.807, 2.05) is 72.8 Å². The molecule has 0 bridgehead atoms. The summed E-state index contributed by atoms with van der Waals surface area (Å²) < 4.78 is 1.26. The van der Waals surface area contributed by atoms with Gasteiger partial charge in [0.1, 0.15) is 6.54 Å². The lowest BCUT2D eigenvalue weighted by Crippen LogP contribution is -2.30. The minimum Gasteiger partial charge on any atom is -0.324 e. The van der Waals surface area contributed by atoms with Crippen molar-refractivity contribution in [3.05, 3.63) is 106 Å². The van der Waals surface area contributed by atoms with Crippen molar-refractivity contribution in [1.82, 2.24) is 9.78 Å². The van der Waals surface area contributed by atoms with Gasteiger partial charge in [0, 0.05) is 17.5 Å². The number of hydrogen-bond donors (Lipinski definition) is 1. The highest BCUT2D eigenvalue weighted by atomic mass is 16.2. The molecule has 4 rings (SSSR count). The van der Waals surface area contributed by atoms with Crippen LogP contribution in [0.2, 0.25) is 0 Å². The maximum Gasteiger partial charge on any atom is 0.275 e. The van der Waals surface area contributed by atoms with Gasteiger partial charge in [0.25, 0.3) is 5.56 Å². The molecule has 0 saturated carbocycles. The van der Waals surface area contributed by atoms with Crippen LogP contribution in [-0.2, 0) is 23.2 Å². The van der Waals surface area contributed by atoms with Gasteiger partial charge in [-0.3, -0.25) is 9.59 Å². The Morgan fingerprint density at radius 1 is 0.875 bits per heavy atom. The van der Waals surface area contributed by atoms with Crippen LogP contribution in [-0.4, -0.2) is 15.7 Å². The zero-order valence-corrected chi connectivity index (χ0v) is 18.6. The van der Waals surface area contributed by atoms with Crippen LogP contribution in [0.15, 0.2) is 83.7 Å². The Balaban J connectivity index is 1.60. The van der Waals surface area contributed by atoms with Crippen LogP contribution in [0.4, 0.5) is 5.69 Å². The van der Waals surface area contributed by atoms with E-state index in [9.17, 15) is 9.59 Å². The minimum absolute atomic E-state index is 0.0417. The molecule has 0 aliphatic rings. The quantitative estimate of drug-likeness (QED) is 0.493. The third-order valence-electron chi connectivity index (χ3n) is 5.49. The van der Waals surface area contributed by atoms with Crippen LogP contribution in [0.1, 0.15) is 37.6 Å². The first-order chi connectivity index (χ1) is 15.3. The second-order valence-corrected chi connectivity index (χ2v) is 8.99. The van der Waals surface area contributed by atoms with Gasteiger partial charge in [0.15, 0.2) is 0 Å². The fourth-order valence-corrected chi connectivity index (χ4v) is 3.72. The highest BCUT2D eigenvalue weighted by Gasteiger charge is 2.15. The van der Waals surface area contributed by atoms with Crippen molar-refractivity contribution in [2.45, 2.75) is 39.2 Å². The summed E-state index contributed by atoms with van der Waals surface area (Å²) >= 11 is 0. The first-order valence-corrected chi connectivity index (χ1v) is 10.7. The standard InChI is InChI=1S/C27H27N3O2/c1-27(2,3)20-13-15-21(16-14-20)28-25(31)18-30-26(32)23-12-8-7-11-22(23)24(29-30)17-19-9-5-4-6-10-19/h4-16H,17-18H2,1-3H3,(H,28,31). The number of rotatable bonds is 5. The van der Waals surface area contributed by atoms with Crippen LogP contribution < -0.4 is 10.9 Å². The van der Waals surface area contributed by atoms with Gasteiger partial charge in [0.05, 0.1) is 11.1 Å². The highest BCUT2D eigenvalue weighted by molar-refractivity contribution is 5.91. The largest absolute Gasteiger partial charge is 0.324 e. The maximum atomic E-state index is 13.0. The molecule has 0 saturated heterocycles. The minimum atomic E-state index is -0.288. The Hall–Kier alpha value is -3.73. The van der Waals surface area contributed by atoms with Crippen LogP contribution in [0, 0.1) is 0 Å². The third-order valence-corrected chi connectivity index (χ3v) is 5.49. The zero-order chi connectivity index (χ0) is 22.7. The lowest BCUT2D eigenvalue weighted by molar-refractivity contribution is -0.117. The van der Waals surface area contributed by atoms with Gasteiger partial charge >= 0.3 is 0 Å². The Morgan fingerprint density at radius 2 is 1.50 bits per heavy atom. The molecule has 1 aromatic heterocycles. The predicted octanol–water partition coefficient (Wildman–Crippen LogP) is 4.92. The van der Waals surface area contributed by atoms with Gasteiger partial charge in [-0.25, -0.2) is 4.68 Å². The second kappa shape index (κ2) is 8.79. The van der Waals surface area contributed by atoms with Crippen LogP contribution in [0.25, 0.3) is 10.8 Å². The van der Waals surface area contributed by atoms with Crippen molar-refractivity contribution in [3.8, 4) is 0 Å². The van der Waals surface area contributed by atoms with Gasteiger partial charge in [-0.15, -0.1) is 0 Å². The Kier molecular flexibility index (Phi) is 5.91. The molecule has 0 spiro atoms. The molecule has 0 aliphatic heterocycles. The monoisotopic (exact) mass is 425 g/mol. The Morgan fingerprint density at radius 3 is 2.16 bits per heavy atom. The number of hydrogen-bond acceptors (Lipinski definition) is 3. The first kappa shape index (κ1) is 21.5. The number of aromatic nitrogens is 2. The summed E-state index contributed by atoms with van der Waals surface area (Å²) in [7, 11) is 0. The summed E-state index contributed by atoms with van der Waals surface area (Å²) in [4.78, 5) is 25.7. The molecular weight excluding hydrogens is 398 g/mol. The molecule has 0 atom stereocenters. The van der Waals surface area contributed by atoms with Crippen LogP contribution in [0.5, 0.6) is 0 Å². The fourth-order valence-electron chi connectivity index (χ4n) is 3.72. The number of carbonyl (C=O) groups excluding carboxylic acids is 1. The summed E-state index contributed by atoms with van der Waals surface area (Å²) in [6, 6.07) is 25.2. The highest BCUT2D eigenvalue weighted by Crippen LogP contribution is 2.23. The predicted molar refractivity (Wildman–Crippen MR) is 129 cm³/mol. The van der Waals surface area contributed by atoms with Gasteiger partial charge < -0.3 is 5.32 Å². The topological polar surface area (TPSA) is 64.0 Å². The summed E-state index contributed by atoms with van der Waals surface area (Å²) in [6.45, 7) is 6.29. The number of nitrogens with zero attached hydrogens (tertiary/aromatic N) is 2. The zero-order valence-electron chi connectivity index (χ0n) is 18.6. The van der Waals surface area contributed by atoms with E-state index in [4.69, 9.17) is 0 Å². The van der Waals surface area contributed by atoms with Crippen molar-refractivity contribution in [3.63, 3.8) is 0 Å². The Labute approximate surface area is 187 Å². The number of nitrogens with one attached hydrogen (secondary N) is 1. The molecule has 5 heteroatoms. The number of benzene rings is 3. The van der Waals surface area contributed by atoms with E-state index in [0.717, 1.165) is 16.6 Å². The average Bonchev–Trinajstić information content (AvgIpc) is 2.77. The molecule has 0 aliphatic carbocycles. The van der Waals surface area contributed by atoms with Crippen molar-refractivity contribution in [2.24, 2.45) is 0 Å². The number of amides is 1. The number of carbonyl (C=O) groups is 1. The number of anilines is 1. The van der Waals surface area contributed by atoms with Crippen molar-refractivity contribution < 1.29 is 4.79 Å².